The topological polar surface area (TPSA) is 81.3 Å². The first kappa shape index (κ1) is 23.5. The van der Waals surface area contributed by atoms with Gasteiger partial charge < -0.3 is 14.5 Å². The van der Waals surface area contributed by atoms with Gasteiger partial charge in [0.2, 0.25) is 0 Å². The zero-order valence-electron chi connectivity index (χ0n) is 19.9. The van der Waals surface area contributed by atoms with Gasteiger partial charge >= 0.3 is 5.97 Å². The molecule has 6 nitrogen and oxygen atoms in total. The summed E-state index contributed by atoms with van der Waals surface area (Å²) >= 11 is 1.45. The number of esters is 1. The molecule has 0 radical (unpaired) electrons. The maximum atomic E-state index is 12.9. The number of nitrogens with one attached hydrogen (secondary N) is 1. The molecule has 7 heteroatoms. The molecule has 0 unspecified atom stereocenters. The van der Waals surface area contributed by atoms with E-state index in [1.165, 1.54) is 11.3 Å². The summed E-state index contributed by atoms with van der Waals surface area (Å²) in [4.78, 5) is 34.3. The number of aromatic amines is 1. The van der Waals surface area contributed by atoms with Gasteiger partial charge in [0.05, 0.1) is 5.39 Å². The lowest BCUT2D eigenvalue weighted by molar-refractivity contribution is -0.147. The van der Waals surface area contributed by atoms with Crippen molar-refractivity contribution in [3.63, 3.8) is 0 Å². The van der Waals surface area contributed by atoms with E-state index in [9.17, 15) is 9.59 Å². The predicted molar refractivity (Wildman–Crippen MR) is 142 cm³/mol. The van der Waals surface area contributed by atoms with E-state index >= 15 is 0 Å². The molecule has 0 amide bonds. The van der Waals surface area contributed by atoms with E-state index < -0.39 is 5.97 Å². The van der Waals surface area contributed by atoms with Crippen molar-refractivity contribution in [3.05, 3.63) is 105 Å². The number of benzene rings is 3. The predicted octanol–water partition coefficient (Wildman–Crippen LogP) is 6.06. The molecule has 36 heavy (non-hydrogen) atoms. The molecule has 2 heterocycles. The third kappa shape index (κ3) is 4.92. The molecule has 0 bridgehead atoms. The van der Waals surface area contributed by atoms with Gasteiger partial charge in [-0.25, -0.2) is 9.78 Å². The van der Waals surface area contributed by atoms with Crippen molar-refractivity contribution in [1.82, 2.24) is 9.97 Å². The Morgan fingerprint density at radius 2 is 1.64 bits per heavy atom. The average molecular weight is 497 g/mol. The first-order valence-electron chi connectivity index (χ1n) is 11.5. The summed E-state index contributed by atoms with van der Waals surface area (Å²) in [6.07, 6.45) is 0. The molecule has 0 aliphatic rings. The number of carbonyl (C=O) groups excluding carboxylic acids is 1. The fourth-order valence-electron chi connectivity index (χ4n) is 4.08. The summed E-state index contributed by atoms with van der Waals surface area (Å²) in [5.74, 6) is 0.330. The second-order valence-corrected chi connectivity index (χ2v) is 9.61. The summed E-state index contributed by atoms with van der Waals surface area (Å²) < 4.78 is 11.1. The van der Waals surface area contributed by atoms with Gasteiger partial charge in [-0.3, -0.25) is 4.79 Å². The normalized spacial score (nSPS) is 10.9. The Morgan fingerprint density at radius 1 is 0.917 bits per heavy atom. The molecule has 5 rings (SSSR count). The van der Waals surface area contributed by atoms with Crippen LogP contribution in [0.5, 0.6) is 5.75 Å². The highest BCUT2D eigenvalue weighted by molar-refractivity contribution is 7.19. The summed E-state index contributed by atoms with van der Waals surface area (Å²) in [6, 6.07) is 25.4. The van der Waals surface area contributed by atoms with E-state index in [4.69, 9.17) is 9.47 Å². The van der Waals surface area contributed by atoms with Crippen molar-refractivity contribution in [3.8, 4) is 28.0 Å². The molecule has 0 saturated carbocycles. The lowest BCUT2D eigenvalue weighted by Gasteiger charge is -2.11. The number of H-pyrrole nitrogens is 1. The van der Waals surface area contributed by atoms with Gasteiger partial charge in [0.25, 0.3) is 5.56 Å². The standard InChI is InChI=1S/C29H24N2O4S/c1-18-12-14-21(15-13-18)26-19(2)36-29-27(26)28(33)30-24(31-29)16-35-25(32)17-34-23-11-7-6-10-22(23)20-8-4-3-5-9-20/h3-15H,16-17H2,1-2H3,(H,30,31,33). The fourth-order valence-corrected chi connectivity index (χ4v) is 5.14. The van der Waals surface area contributed by atoms with E-state index in [1.54, 1.807) is 0 Å². The van der Waals surface area contributed by atoms with Crippen LogP contribution in [-0.4, -0.2) is 22.5 Å². The maximum absolute atomic E-state index is 12.9. The highest BCUT2D eigenvalue weighted by atomic mass is 32.1. The zero-order chi connectivity index (χ0) is 25.1. The lowest BCUT2D eigenvalue weighted by Crippen LogP contribution is -2.18. The summed E-state index contributed by atoms with van der Waals surface area (Å²) in [6.45, 7) is 3.60. The highest BCUT2D eigenvalue weighted by Gasteiger charge is 2.17. The monoisotopic (exact) mass is 496 g/mol. The van der Waals surface area contributed by atoms with Crippen molar-refractivity contribution in [2.45, 2.75) is 20.5 Å². The second-order valence-electron chi connectivity index (χ2n) is 8.40. The van der Waals surface area contributed by atoms with Gasteiger partial charge in [0, 0.05) is 16.0 Å². The fraction of sp³-hybridized carbons (Fsp3) is 0.138. The Labute approximate surface area is 212 Å². The quantitative estimate of drug-likeness (QED) is 0.277. The zero-order valence-corrected chi connectivity index (χ0v) is 20.7. The number of para-hydroxylation sites is 1. The van der Waals surface area contributed by atoms with Gasteiger partial charge in [-0.2, -0.15) is 0 Å². The van der Waals surface area contributed by atoms with Crippen LogP contribution in [0.1, 0.15) is 16.3 Å². The smallest absolute Gasteiger partial charge is 0.344 e. The largest absolute Gasteiger partial charge is 0.481 e. The summed E-state index contributed by atoms with van der Waals surface area (Å²) in [7, 11) is 0. The van der Waals surface area contributed by atoms with Crippen LogP contribution in [0.15, 0.2) is 83.7 Å². The Balaban J connectivity index is 1.28. The molecule has 0 spiro atoms. The van der Waals surface area contributed by atoms with Gasteiger partial charge in [0.1, 0.15) is 23.0 Å². The Hall–Kier alpha value is -4.23. The van der Waals surface area contributed by atoms with Crippen LogP contribution in [0.25, 0.3) is 32.5 Å². The Bertz CT molecular complexity index is 1590. The van der Waals surface area contributed by atoms with Gasteiger partial charge in [0.15, 0.2) is 6.61 Å². The Kier molecular flexibility index (Phi) is 6.64. The molecule has 0 fully saturated rings. The molecule has 0 atom stereocenters. The molecular weight excluding hydrogens is 472 g/mol. The summed E-state index contributed by atoms with van der Waals surface area (Å²) in [5.41, 5.74) is 4.65. The third-order valence-corrected chi connectivity index (χ3v) is 6.81. The number of carbonyl (C=O) groups is 1. The molecule has 3 aromatic carbocycles. The molecule has 5 aromatic rings. The number of hydrogen-bond acceptors (Lipinski definition) is 6. The molecule has 1 N–H and O–H groups in total. The summed E-state index contributed by atoms with van der Waals surface area (Å²) in [5, 5.41) is 0.553. The van der Waals surface area contributed by atoms with E-state index in [-0.39, 0.29) is 18.8 Å². The second kappa shape index (κ2) is 10.2. The van der Waals surface area contributed by atoms with Crippen LogP contribution < -0.4 is 10.3 Å². The van der Waals surface area contributed by atoms with Crippen LogP contribution in [0, 0.1) is 13.8 Å². The highest BCUT2D eigenvalue weighted by Crippen LogP contribution is 2.35. The van der Waals surface area contributed by atoms with Crippen molar-refractivity contribution in [2.24, 2.45) is 0 Å². The van der Waals surface area contributed by atoms with Crippen LogP contribution in [-0.2, 0) is 16.1 Å². The minimum Gasteiger partial charge on any atom is -0.481 e. The number of ether oxygens (including phenoxy) is 2. The van der Waals surface area contributed by atoms with E-state index in [1.807, 2.05) is 92.7 Å². The van der Waals surface area contributed by atoms with Crippen LogP contribution in [0.4, 0.5) is 0 Å². The maximum Gasteiger partial charge on any atom is 0.344 e. The number of thiophene rings is 1. The first-order valence-corrected chi connectivity index (χ1v) is 12.3. The third-order valence-electron chi connectivity index (χ3n) is 5.81. The molecule has 0 aliphatic heterocycles. The van der Waals surface area contributed by atoms with Gasteiger partial charge in [-0.15, -0.1) is 11.3 Å². The van der Waals surface area contributed by atoms with Crippen LogP contribution >= 0.6 is 11.3 Å². The van der Waals surface area contributed by atoms with Crippen molar-refractivity contribution >= 4 is 27.5 Å². The number of aromatic nitrogens is 2. The van der Waals surface area contributed by atoms with Crippen molar-refractivity contribution < 1.29 is 14.3 Å². The molecule has 180 valence electrons. The Morgan fingerprint density at radius 3 is 2.42 bits per heavy atom. The number of nitrogens with zero attached hydrogens (tertiary/aromatic N) is 1. The van der Waals surface area contributed by atoms with Crippen LogP contribution in [0.2, 0.25) is 0 Å². The number of aryl methyl sites for hydroxylation is 2. The molecule has 0 aliphatic carbocycles. The van der Waals surface area contributed by atoms with Crippen LogP contribution in [0.3, 0.4) is 0 Å². The number of hydrogen-bond donors (Lipinski definition) is 1. The van der Waals surface area contributed by atoms with Crippen molar-refractivity contribution in [2.75, 3.05) is 6.61 Å². The first-order chi connectivity index (χ1) is 17.5. The number of rotatable bonds is 7. The average Bonchev–Trinajstić information content (AvgIpc) is 3.23. The van der Waals surface area contributed by atoms with Gasteiger partial charge in [-0.1, -0.05) is 78.4 Å². The number of fused-ring (bicyclic) bond motifs is 1. The van der Waals surface area contributed by atoms with E-state index in [0.717, 1.165) is 32.7 Å². The SMILES string of the molecule is Cc1ccc(-c2c(C)sc3nc(COC(=O)COc4ccccc4-c4ccccc4)[nH]c(=O)c23)cc1. The molecular formula is C29H24N2O4S. The molecule has 2 aromatic heterocycles. The minimum absolute atomic E-state index is 0.148. The van der Waals surface area contributed by atoms with Crippen molar-refractivity contribution in [1.29, 1.82) is 0 Å². The van der Waals surface area contributed by atoms with E-state index in [0.29, 0.717) is 21.8 Å². The minimum atomic E-state index is -0.552. The molecule has 0 saturated heterocycles. The lowest BCUT2D eigenvalue weighted by atomic mass is 10.0. The van der Waals surface area contributed by atoms with E-state index in [2.05, 4.69) is 9.97 Å². The van der Waals surface area contributed by atoms with Gasteiger partial charge in [-0.05, 0) is 31.0 Å².